The predicted octanol–water partition coefficient (Wildman–Crippen LogP) is 2.55. The molecule has 0 aliphatic heterocycles. The van der Waals surface area contributed by atoms with Crippen molar-refractivity contribution in [3.63, 3.8) is 0 Å². The number of hydrogen-bond donors (Lipinski definition) is 2. The molecule has 0 fully saturated rings. The molecule has 0 saturated carbocycles. The summed E-state index contributed by atoms with van der Waals surface area (Å²) in [6.45, 7) is 13.3. The van der Waals surface area contributed by atoms with E-state index in [1.54, 1.807) is 0 Å². The van der Waals surface area contributed by atoms with Crippen molar-refractivity contribution in [3.8, 4) is 0 Å². The minimum Gasteiger partial charge on any atom is -0.369 e. The van der Waals surface area contributed by atoms with Crippen LogP contribution in [0.4, 0.5) is 0 Å². The molecule has 2 atom stereocenters. The third kappa shape index (κ3) is 7.12. The molecule has 0 aromatic rings. The SMILES string of the molecule is C=C(C)C[C@@H](C(=O)NC(C)(C)C)[C@H](C/C=C/C)C(N)=O. The molecule has 0 unspecified atom stereocenters. The molecule has 2 amide bonds. The van der Waals surface area contributed by atoms with Gasteiger partial charge >= 0.3 is 0 Å². The fourth-order valence-electron chi connectivity index (χ4n) is 2.02. The first-order valence-corrected chi connectivity index (χ1v) is 6.95. The zero-order valence-electron chi connectivity index (χ0n) is 13.3. The molecule has 0 saturated heterocycles. The van der Waals surface area contributed by atoms with E-state index in [0.29, 0.717) is 12.8 Å². The summed E-state index contributed by atoms with van der Waals surface area (Å²) in [4.78, 5) is 24.1. The van der Waals surface area contributed by atoms with Gasteiger partial charge in [-0.3, -0.25) is 9.59 Å². The highest BCUT2D eigenvalue weighted by Gasteiger charge is 2.33. The zero-order valence-corrected chi connectivity index (χ0v) is 13.3. The Morgan fingerprint density at radius 1 is 1.30 bits per heavy atom. The quantitative estimate of drug-likeness (QED) is 0.703. The van der Waals surface area contributed by atoms with Crippen LogP contribution in [0.5, 0.6) is 0 Å². The minimum absolute atomic E-state index is 0.145. The molecule has 4 heteroatoms. The molecule has 0 aliphatic carbocycles. The summed E-state index contributed by atoms with van der Waals surface area (Å²) >= 11 is 0. The molecule has 20 heavy (non-hydrogen) atoms. The molecule has 0 aromatic heterocycles. The second kappa shape index (κ2) is 7.88. The molecule has 0 bridgehead atoms. The van der Waals surface area contributed by atoms with Crippen LogP contribution >= 0.6 is 0 Å². The molecular formula is C16H28N2O2. The van der Waals surface area contributed by atoms with Gasteiger partial charge in [0.2, 0.25) is 11.8 Å². The molecule has 114 valence electrons. The fourth-order valence-corrected chi connectivity index (χ4v) is 2.02. The van der Waals surface area contributed by atoms with Crippen LogP contribution in [0.15, 0.2) is 24.3 Å². The summed E-state index contributed by atoms with van der Waals surface area (Å²) in [6, 6.07) is 0. The lowest BCUT2D eigenvalue weighted by Crippen LogP contribution is -2.47. The summed E-state index contributed by atoms with van der Waals surface area (Å²) in [7, 11) is 0. The largest absolute Gasteiger partial charge is 0.369 e. The Labute approximate surface area is 122 Å². The maximum absolute atomic E-state index is 12.4. The first-order valence-electron chi connectivity index (χ1n) is 6.95. The van der Waals surface area contributed by atoms with E-state index in [1.807, 2.05) is 46.8 Å². The first-order chi connectivity index (χ1) is 9.08. The van der Waals surface area contributed by atoms with Gasteiger partial charge < -0.3 is 11.1 Å². The highest BCUT2D eigenvalue weighted by atomic mass is 16.2. The van der Waals surface area contributed by atoms with Gasteiger partial charge in [-0.05, 0) is 47.5 Å². The second-order valence-electron chi connectivity index (χ2n) is 6.32. The Kier molecular flexibility index (Phi) is 7.25. The van der Waals surface area contributed by atoms with Gasteiger partial charge in [0.25, 0.3) is 0 Å². The number of carbonyl (C=O) groups is 2. The maximum atomic E-state index is 12.4. The van der Waals surface area contributed by atoms with Crippen LogP contribution in [-0.2, 0) is 9.59 Å². The van der Waals surface area contributed by atoms with Crippen molar-refractivity contribution in [2.24, 2.45) is 17.6 Å². The molecule has 4 nitrogen and oxygen atoms in total. The van der Waals surface area contributed by atoms with Gasteiger partial charge in [0.1, 0.15) is 0 Å². The zero-order chi connectivity index (χ0) is 15.9. The Morgan fingerprint density at radius 3 is 2.20 bits per heavy atom. The van der Waals surface area contributed by atoms with Crippen LogP contribution in [0.3, 0.4) is 0 Å². The molecular weight excluding hydrogens is 252 g/mol. The molecule has 3 N–H and O–H groups in total. The summed E-state index contributed by atoms with van der Waals surface area (Å²) in [5.74, 6) is -1.57. The number of nitrogens with two attached hydrogens (primary N) is 1. The van der Waals surface area contributed by atoms with E-state index in [4.69, 9.17) is 5.73 Å². The van der Waals surface area contributed by atoms with Crippen molar-refractivity contribution >= 4 is 11.8 Å². The van der Waals surface area contributed by atoms with E-state index in [-0.39, 0.29) is 11.4 Å². The van der Waals surface area contributed by atoms with Crippen molar-refractivity contribution < 1.29 is 9.59 Å². The minimum atomic E-state index is -0.509. The van der Waals surface area contributed by atoms with Crippen LogP contribution < -0.4 is 11.1 Å². The number of primary amides is 1. The van der Waals surface area contributed by atoms with Crippen LogP contribution in [0.25, 0.3) is 0 Å². The molecule has 0 aromatic carbocycles. The van der Waals surface area contributed by atoms with Crippen LogP contribution in [0, 0.1) is 11.8 Å². The Hall–Kier alpha value is -1.58. The van der Waals surface area contributed by atoms with Crippen LogP contribution in [-0.4, -0.2) is 17.4 Å². The van der Waals surface area contributed by atoms with Crippen molar-refractivity contribution in [1.29, 1.82) is 0 Å². The molecule has 0 aliphatic rings. The van der Waals surface area contributed by atoms with E-state index < -0.39 is 17.7 Å². The highest BCUT2D eigenvalue weighted by molar-refractivity contribution is 5.87. The monoisotopic (exact) mass is 280 g/mol. The third-order valence-corrected chi connectivity index (χ3v) is 2.88. The van der Waals surface area contributed by atoms with Crippen molar-refractivity contribution in [1.82, 2.24) is 5.32 Å². The fraction of sp³-hybridized carbons (Fsp3) is 0.625. The van der Waals surface area contributed by atoms with Gasteiger partial charge in [-0.2, -0.15) is 0 Å². The molecule has 0 radical (unpaired) electrons. The smallest absolute Gasteiger partial charge is 0.224 e. The topological polar surface area (TPSA) is 72.2 Å². The Morgan fingerprint density at radius 2 is 1.85 bits per heavy atom. The number of rotatable bonds is 7. The number of amides is 2. The second-order valence-corrected chi connectivity index (χ2v) is 6.32. The highest BCUT2D eigenvalue weighted by Crippen LogP contribution is 2.24. The van der Waals surface area contributed by atoms with Gasteiger partial charge in [-0.1, -0.05) is 17.7 Å². The van der Waals surface area contributed by atoms with E-state index in [0.717, 1.165) is 5.57 Å². The van der Waals surface area contributed by atoms with Gasteiger partial charge in [0.15, 0.2) is 0 Å². The van der Waals surface area contributed by atoms with Gasteiger partial charge in [0, 0.05) is 5.54 Å². The number of nitrogens with one attached hydrogen (secondary N) is 1. The first kappa shape index (κ1) is 18.4. The van der Waals surface area contributed by atoms with Gasteiger partial charge in [-0.25, -0.2) is 0 Å². The van der Waals surface area contributed by atoms with Gasteiger partial charge in [0.05, 0.1) is 11.8 Å². The average molecular weight is 280 g/mol. The lowest BCUT2D eigenvalue weighted by Gasteiger charge is -2.28. The molecule has 0 rings (SSSR count). The van der Waals surface area contributed by atoms with Crippen molar-refractivity contribution in [2.45, 2.75) is 53.0 Å². The lowest BCUT2D eigenvalue weighted by molar-refractivity contribution is -0.134. The van der Waals surface area contributed by atoms with E-state index in [9.17, 15) is 9.59 Å². The Bertz CT molecular complexity index is 392. The van der Waals surface area contributed by atoms with Gasteiger partial charge in [-0.15, -0.1) is 6.58 Å². The van der Waals surface area contributed by atoms with E-state index in [2.05, 4.69) is 11.9 Å². The number of allylic oxidation sites excluding steroid dienone is 3. The predicted molar refractivity (Wildman–Crippen MR) is 82.9 cm³/mol. The molecule has 0 heterocycles. The number of carbonyl (C=O) groups excluding carboxylic acids is 2. The van der Waals surface area contributed by atoms with E-state index >= 15 is 0 Å². The summed E-state index contributed by atoms with van der Waals surface area (Å²) in [5, 5.41) is 2.92. The van der Waals surface area contributed by atoms with E-state index in [1.165, 1.54) is 0 Å². The summed E-state index contributed by atoms with van der Waals surface area (Å²) in [5.41, 5.74) is 6.00. The third-order valence-electron chi connectivity index (χ3n) is 2.88. The van der Waals surface area contributed by atoms with Crippen LogP contribution in [0.1, 0.15) is 47.5 Å². The standard InChI is InChI=1S/C16H28N2O2/c1-7-8-9-12(14(17)19)13(10-11(2)3)15(20)18-16(4,5)6/h7-8,12-13H,2,9-10H2,1,3-6H3,(H2,17,19)(H,18,20)/b8-7+/t12-,13+/m0/s1. The summed E-state index contributed by atoms with van der Waals surface area (Å²) < 4.78 is 0. The average Bonchev–Trinajstić information content (AvgIpc) is 2.24. The van der Waals surface area contributed by atoms with Crippen molar-refractivity contribution in [3.05, 3.63) is 24.3 Å². The number of hydrogen-bond acceptors (Lipinski definition) is 2. The van der Waals surface area contributed by atoms with Crippen LogP contribution in [0.2, 0.25) is 0 Å². The Balaban J connectivity index is 5.22. The molecule has 0 spiro atoms. The maximum Gasteiger partial charge on any atom is 0.224 e. The lowest BCUT2D eigenvalue weighted by atomic mass is 9.83. The van der Waals surface area contributed by atoms with Crippen molar-refractivity contribution in [2.75, 3.05) is 0 Å². The summed E-state index contributed by atoms with van der Waals surface area (Å²) in [6.07, 6.45) is 4.66. The normalized spacial score (nSPS) is 14.8.